The van der Waals surface area contributed by atoms with Gasteiger partial charge in [0.15, 0.2) is 0 Å². The van der Waals surface area contributed by atoms with Crippen LogP contribution in [-0.4, -0.2) is 23.0 Å². The first-order valence-corrected chi connectivity index (χ1v) is 1.15. The van der Waals surface area contributed by atoms with Gasteiger partial charge in [-0.25, -0.2) is 0 Å². The van der Waals surface area contributed by atoms with E-state index in [4.69, 9.17) is 11.5 Å². The summed E-state index contributed by atoms with van der Waals surface area (Å²) in [5.74, 6) is 0. The molecule has 1 radical (unpaired) electrons. The van der Waals surface area contributed by atoms with Crippen LogP contribution in [0.1, 0.15) is 0 Å². The molecule has 5 nitrogen and oxygen atoms in total. The fourth-order valence-electron chi connectivity index (χ4n) is 0. The molecule has 0 spiro atoms. The molecule has 0 aliphatic carbocycles. The predicted molar refractivity (Wildman–Crippen MR) is 28.4 cm³/mol. The molecule has 0 heterocycles. The van der Waals surface area contributed by atoms with Crippen LogP contribution in [0.5, 0.6) is 0 Å². The molecule has 0 rings (SSSR count). The summed E-state index contributed by atoms with van der Waals surface area (Å²) in [7, 11) is 0. The summed E-state index contributed by atoms with van der Waals surface area (Å²) in [4.78, 5) is 0. The maximum Gasteiger partial charge on any atom is 0 e. The summed E-state index contributed by atoms with van der Waals surface area (Å²) in [6, 6.07) is 0. The van der Waals surface area contributed by atoms with E-state index in [1.54, 1.807) is 0 Å². The second kappa shape index (κ2) is 54.6. The predicted octanol–water partition coefficient (Wildman–Crippen LogP) is -3.41. The molecule has 10 N–H and O–H groups in total. The monoisotopic (exact) mass is 172 g/mol. The van der Waals surface area contributed by atoms with Gasteiger partial charge in [0.2, 0.25) is 0 Å². The first-order chi connectivity index (χ1) is 1.91. The zero-order valence-corrected chi connectivity index (χ0v) is 5.31. The third-order valence-electron chi connectivity index (χ3n) is 0.136. The summed E-state index contributed by atoms with van der Waals surface area (Å²) >= 11 is 0. The number of hydrogen-bond donors (Lipinski definition) is 2. The Morgan fingerprint density at radius 3 is 1.25 bits per heavy atom. The van der Waals surface area contributed by atoms with Crippen LogP contribution in [0.2, 0.25) is 0 Å². The van der Waals surface area contributed by atoms with Crippen LogP contribution in [0.3, 0.4) is 0 Å². The van der Waals surface area contributed by atoms with E-state index in [0.29, 0.717) is 6.54 Å². The van der Waals surface area contributed by atoms with Gasteiger partial charge in [0.05, 0.1) is 0 Å². The van der Waals surface area contributed by atoms with Gasteiger partial charge in [0, 0.05) is 16.8 Å². The van der Waals surface area contributed by atoms with E-state index >= 15 is 0 Å². The van der Waals surface area contributed by atoms with Crippen molar-refractivity contribution in [3.63, 3.8) is 0 Å². The van der Waals surface area contributed by atoms with Gasteiger partial charge in [0.25, 0.3) is 0 Å². The summed E-state index contributed by atoms with van der Waals surface area (Å²) in [6.07, 6.45) is 0. The van der Waals surface area contributed by atoms with Gasteiger partial charge < -0.3 is 27.9 Å². The number of hydrogen-bond acceptors (Lipinski definition) is 2. The molecular weight excluding hydrogens is 159 g/mol. The van der Waals surface area contributed by atoms with Gasteiger partial charge in [-0.05, 0) is 0 Å². The van der Waals surface area contributed by atoms with Gasteiger partial charge in [-0.3, -0.25) is 6.54 Å². The van der Waals surface area contributed by atoms with E-state index in [9.17, 15) is 0 Å². The van der Waals surface area contributed by atoms with E-state index in [-0.39, 0.29) is 33.2 Å². The zero-order chi connectivity index (χ0) is 3.41. The molecule has 0 unspecified atom stereocenters. The SMILES string of the molecule is N[CH-]CN.O.O.O.[Co]. The topological polar surface area (TPSA) is 147 Å². The van der Waals surface area contributed by atoms with Gasteiger partial charge in [0.1, 0.15) is 0 Å². The summed E-state index contributed by atoms with van der Waals surface area (Å²) < 4.78 is 0. The van der Waals surface area contributed by atoms with E-state index in [0.717, 1.165) is 0 Å². The van der Waals surface area contributed by atoms with Crippen molar-refractivity contribution >= 4 is 0 Å². The molecular formula is C2H13CoN2O3-. The first-order valence-electron chi connectivity index (χ1n) is 1.15. The Morgan fingerprint density at radius 1 is 1.12 bits per heavy atom. The standard InChI is InChI=1S/C2H7N2.Co.3H2O/c3-1-2-4;;;;/h1H,2-4H2;;3*1H2/q-1;;;;. The van der Waals surface area contributed by atoms with Crippen molar-refractivity contribution in [1.82, 2.24) is 0 Å². The van der Waals surface area contributed by atoms with Crippen molar-refractivity contribution in [1.29, 1.82) is 0 Å². The fourth-order valence-corrected chi connectivity index (χ4v) is 0. The number of nitrogens with two attached hydrogens (primary N) is 2. The van der Waals surface area contributed by atoms with E-state index in [2.05, 4.69) is 0 Å². The van der Waals surface area contributed by atoms with Crippen LogP contribution in [0.4, 0.5) is 0 Å². The van der Waals surface area contributed by atoms with Gasteiger partial charge in [-0.2, -0.15) is 0 Å². The molecule has 0 atom stereocenters. The summed E-state index contributed by atoms with van der Waals surface area (Å²) in [5, 5.41) is 0. The smallest absolute Gasteiger partial charge is 0 e. The van der Waals surface area contributed by atoms with Gasteiger partial charge in [-0.1, -0.05) is 0 Å². The van der Waals surface area contributed by atoms with Crippen LogP contribution in [0.25, 0.3) is 0 Å². The molecule has 6 heteroatoms. The van der Waals surface area contributed by atoms with E-state index in [1.807, 2.05) is 0 Å². The molecule has 0 bridgehead atoms. The van der Waals surface area contributed by atoms with Gasteiger partial charge in [-0.15, -0.1) is 6.54 Å². The second-order valence-corrected chi connectivity index (χ2v) is 0.471. The molecule has 0 aliphatic rings. The van der Waals surface area contributed by atoms with E-state index in [1.165, 1.54) is 6.54 Å². The molecule has 0 fully saturated rings. The molecule has 0 aromatic heterocycles. The normalized spacial score (nSPS) is 3.75. The van der Waals surface area contributed by atoms with Crippen molar-refractivity contribution in [3.05, 3.63) is 6.54 Å². The molecule has 0 aliphatic heterocycles. The Bertz CT molecular complexity index is 17.2. The molecule has 0 saturated heterocycles. The van der Waals surface area contributed by atoms with Crippen LogP contribution < -0.4 is 11.5 Å². The minimum atomic E-state index is 0. The third kappa shape index (κ3) is 104. The molecule has 0 aromatic carbocycles. The summed E-state index contributed by atoms with van der Waals surface area (Å²) in [6.45, 7) is 1.88. The maximum absolute atomic E-state index is 4.85. The molecule has 0 aromatic rings. The minimum absolute atomic E-state index is 0. The maximum atomic E-state index is 4.85. The van der Waals surface area contributed by atoms with Crippen LogP contribution >= 0.6 is 0 Å². The van der Waals surface area contributed by atoms with Crippen LogP contribution in [-0.2, 0) is 16.8 Å². The van der Waals surface area contributed by atoms with Crippen LogP contribution in [0, 0.1) is 6.54 Å². The van der Waals surface area contributed by atoms with Gasteiger partial charge >= 0.3 is 0 Å². The third-order valence-corrected chi connectivity index (χ3v) is 0.136. The molecule has 59 valence electrons. The average Bonchev–Trinajstić information content (AvgIpc) is 1.37. The second-order valence-electron chi connectivity index (χ2n) is 0.471. The quantitative estimate of drug-likeness (QED) is 0.396. The van der Waals surface area contributed by atoms with Crippen molar-refractivity contribution < 1.29 is 33.2 Å². The Labute approximate surface area is 58.5 Å². The number of rotatable bonds is 1. The molecule has 0 saturated carbocycles. The fraction of sp³-hybridized carbons (Fsp3) is 0.500. The summed E-state index contributed by atoms with van der Waals surface area (Å²) in [5.41, 5.74) is 9.62. The first kappa shape index (κ1) is 40.6. The minimum Gasteiger partial charge on any atom is -0.482 e. The largest absolute Gasteiger partial charge is 0.482 e. The van der Waals surface area contributed by atoms with Crippen LogP contribution in [0.15, 0.2) is 0 Å². The Balaban J connectivity index is -0.00000000750. The zero-order valence-electron chi connectivity index (χ0n) is 4.27. The Kier molecular flexibility index (Phi) is 277. The van der Waals surface area contributed by atoms with Crippen molar-refractivity contribution in [3.8, 4) is 0 Å². The van der Waals surface area contributed by atoms with Crippen molar-refractivity contribution in [2.24, 2.45) is 11.5 Å². The molecule has 0 amide bonds. The van der Waals surface area contributed by atoms with Crippen molar-refractivity contribution in [2.45, 2.75) is 0 Å². The Morgan fingerprint density at radius 2 is 1.25 bits per heavy atom. The molecule has 8 heavy (non-hydrogen) atoms. The Hall–Kier alpha value is 0.306. The average molecular weight is 172 g/mol. The van der Waals surface area contributed by atoms with Crippen molar-refractivity contribution in [2.75, 3.05) is 6.54 Å². The van der Waals surface area contributed by atoms with E-state index < -0.39 is 0 Å².